The minimum Gasteiger partial charge on any atom is -0.494 e. The van der Waals surface area contributed by atoms with Gasteiger partial charge in [-0.05, 0) is 50.8 Å². The maximum atomic E-state index is 13.9. The number of aryl methyl sites for hydroxylation is 2. The van der Waals surface area contributed by atoms with Crippen LogP contribution in [0.4, 0.5) is 5.95 Å². The van der Waals surface area contributed by atoms with Crippen molar-refractivity contribution in [1.82, 2.24) is 34.5 Å². The SMILES string of the molecule is CCCO[C@@H](c1ncc(C)cn1)[C@H](C)S(=O)(=O)Nc1nnc(-c2cnn3c2CCC3)n1-c1c(OC)cccc1OC. The molecule has 13 nitrogen and oxygen atoms in total. The van der Waals surface area contributed by atoms with E-state index in [4.69, 9.17) is 14.2 Å². The van der Waals surface area contributed by atoms with Crippen molar-refractivity contribution < 1.29 is 22.6 Å². The zero-order valence-electron chi connectivity index (χ0n) is 23.7. The van der Waals surface area contributed by atoms with Gasteiger partial charge in [0.05, 0.1) is 26.0 Å². The third-order valence-corrected chi connectivity index (χ3v) is 8.66. The summed E-state index contributed by atoms with van der Waals surface area (Å²) in [5.74, 6) is 1.54. The predicted octanol–water partition coefficient (Wildman–Crippen LogP) is 3.49. The lowest BCUT2D eigenvalue weighted by Crippen LogP contribution is -2.34. The molecule has 14 heteroatoms. The van der Waals surface area contributed by atoms with E-state index in [-0.39, 0.29) is 11.8 Å². The number of sulfonamides is 1. The zero-order valence-corrected chi connectivity index (χ0v) is 24.6. The highest BCUT2D eigenvalue weighted by Gasteiger charge is 2.36. The number of anilines is 1. The van der Waals surface area contributed by atoms with Crippen molar-refractivity contribution >= 4 is 16.0 Å². The highest BCUT2D eigenvalue weighted by atomic mass is 32.2. The van der Waals surface area contributed by atoms with E-state index in [9.17, 15) is 8.42 Å². The van der Waals surface area contributed by atoms with E-state index in [2.05, 4.69) is 30.0 Å². The normalized spacial score (nSPS) is 14.5. The summed E-state index contributed by atoms with van der Waals surface area (Å²) >= 11 is 0. The number of hydrogen-bond acceptors (Lipinski definition) is 10. The lowest BCUT2D eigenvalue weighted by molar-refractivity contribution is 0.0466. The lowest BCUT2D eigenvalue weighted by atomic mass is 10.1. The topological polar surface area (TPSA) is 148 Å². The second-order valence-electron chi connectivity index (χ2n) is 9.79. The van der Waals surface area contributed by atoms with Gasteiger partial charge in [0.2, 0.25) is 16.0 Å². The highest BCUT2D eigenvalue weighted by Crippen LogP contribution is 2.39. The van der Waals surface area contributed by atoms with E-state index in [0.717, 1.165) is 36.2 Å². The van der Waals surface area contributed by atoms with Gasteiger partial charge >= 0.3 is 0 Å². The first-order chi connectivity index (χ1) is 19.8. The van der Waals surface area contributed by atoms with Gasteiger partial charge in [0, 0.05) is 31.2 Å². The molecule has 5 rings (SSSR count). The molecule has 3 aromatic heterocycles. The Morgan fingerprint density at radius 1 is 1.07 bits per heavy atom. The van der Waals surface area contributed by atoms with Crippen molar-refractivity contribution in [2.45, 2.75) is 57.9 Å². The van der Waals surface area contributed by atoms with Gasteiger partial charge in [0.25, 0.3) is 0 Å². The van der Waals surface area contributed by atoms with Crippen molar-refractivity contribution in [1.29, 1.82) is 0 Å². The quantitative estimate of drug-likeness (QED) is 0.263. The van der Waals surface area contributed by atoms with Crippen LogP contribution in [0.1, 0.15) is 49.9 Å². The number of nitrogens with zero attached hydrogens (tertiary/aromatic N) is 7. The van der Waals surface area contributed by atoms with E-state index >= 15 is 0 Å². The minimum atomic E-state index is -4.12. The molecule has 41 heavy (non-hydrogen) atoms. The Hall–Kier alpha value is -4.04. The molecule has 4 aromatic rings. The number of methoxy groups -OCH3 is 2. The molecule has 0 fully saturated rings. The van der Waals surface area contributed by atoms with Gasteiger partial charge < -0.3 is 14.2 Å². The van der Waals surface area contributed by atoms with Gasteiger partial charge in [-0.3, -0.25) is 14.0 Å². The van der Waals surface area contributed by atoms with Gasteiger partial charge in [-0.25, -0.2) is 18.4 Å². The van der Waals surface area contributed by atoms with Gasteiger partial charge in [-0.2, -0.15) is 5.10 Å². The molecule has 0 unspecified atom stereocenters. The van der Waals surface area contributed by atoms with Crippen LogP contribution in [0.2, 0.25) is 0 Å². The Kier molecular flexibility index (Phi) is 8.22. The largest absolute Gasteiger partial charge is 0.494 e. The fourth-order valence-electron chi connectivity index (χ4n) is 4.84. The molecule has 1 N–H and O–H groups in total. The Bertz CT molecular complexity index is 1590. The summed E-state index contributed by atoms with van der Waals surface area (Å²) in [4.78, 5) is 8.70. The predicted molar refractivity (Wildman–Crippen MR) is 152 cm³/mol. The van der Waals surface area contributed by atoms with Crippen LogP contribution in [0.25, 0.3) is 17.1 Å². The van der Waals surface area contributed by atoms with Crippen LogP contribution in [-0.4, -0.2) is 69.0 Å². The zero-order chi connectivity index (χ0) is 29.1. The summed E-state index contributed by atoms with van der Waals surface area (Å²) in [6.45, 7) is 6.51. The second-order valence-corrected chi connectivity index (χ2v) is 11.8. The van der Waals surface area contributed by atoms with Crippen LogP contribution in [0.5, 0.6) is 11.5 Å². The fourth-order valence-corrected chi connectivity index (χ4v) is 5.93. The molecule has 1 aliphatic heterocycles. The molecule has 1 aliphatic rings. The first-order valence-electron chi connectivity index (χ1n) is 13.4. The molecule has 0 aliphatic carbocycles. The molecule has 0 saturated heterocycles. The summed E-state index contributed by atoms with van der Waals surface area (Å²) in [6.07, 6.45) is 6.56. The van der Waals surface area contributed by atoms with Crippen LogP contribution >= 0.6 is 0 Å². The second kappa shape index (κ2) is 11.8. The number of ether oxygens (including phenoxy) is 3. The lowest BCUT2D eigenvalue weighted by Gasteiger charge is -2.24. The van der Waals surface area contributed by atoms with Gasteiger partial charge in [-0.15, -0.1) is 10.2 Å². The monoisotopic (exact) mass is 582 g/mol. The summed E-state index contributed by atoms with van der Waals surface area (Å²) < 4.78 is 51.3. The van der Waals surface area contributed by atoms with Crippen molar-refractivity contribution in [3.05, 3.63) is 53.9 Å². The van der Waals surface area contributed by atoms with Gasteiger partial charge in [-0.1, -0.05) is 13.0 Å². The average Bonchev–Trinajstić information content (AvgIpc) is 3.70. The van der Waals surface area contributed by atoms with Crippen molar-refractivity contribution in [3.63, 3.8) is 0 Å². The number of aromatic nitrogens is 7. The average molecular weight is 583 g/mol. The molecular weight excluding hydrogens is 548 g/mol. The Balaban J connectivity index is 1.61. The molecule has 1 aromatic carbocycles. The third kappa shape index (κ3) is 5.48. The molecular formula is C27H34N8O5S. The third-order valence-electron chi connectivity index (χ3n) is 6.97. The molecule has 0 bridgehead atoms. The number of nitrogens with one attached hydrogen (secondary N) is 1. The van der Waals surface area contributed by atoms with Crippen LogP contribution in [0, 0.1) is 6.92 Å². The van der Waals surface area contributed by atoms with Crippen molar-refractivity contribution in [2.75, 3.05) is 25.5 Å². The molecule has 0 radical (unpaired) electrons. The van der Waals surface area contributed by atoms with E-state index in [1.54, 1.807) is 48.3 Å². The number of hydrogen-bond donors (Lipinski definition) is 1. The van der Waals surface area contributed by atoms with Gasteiger partial charge in [0.1, 0.15) is 28.5 Å². The van der Waals surface area contributed by atoms with E-state index < -0.39 is 21.4 Å². The van der Waals surface area contributed by atoms with Crippen molar-refractivity contribution in [2.24, 2.45) is 0 Å². The fraction of sp³-hybridized carbons (Fsp3) is 0.444. The van der Waals surface area contributed by atoms with E-state index in [1.807, 2.05) is 18.5 Å². The summed E-state index contributed by atoms with van der Waals surface area (Å²) in [6, 6.07) is 5.30. The van der Waals surface area contributed by atoms with Crippen LogP contribution in [0.3, 0.4) is 0 Å². The summed E-state index contributed by atoms with van der Waals surface area (Å²) in [5, 5.41) is 12.2. The first-order valence-corrected chi connectivity index (χ1v) is 15.0. The molecule has 2 atom stereocenters. The summed E-state index contributed by atoms with van der Waals surface area (Å²) in [5.41, 5.74) is 3.05. The number of benzene rings is 1. The minimum absolute atomic E-state index is 0.0355. The smallest absolute Gasteiger partial charge is 0.243 e. The Morgan fingerprint density at radius 2 is 1.78 bits per heavy atom. The standard InChI is InChI=1S/C27H34N8O5S/c1-6-13-40-24(25-28-14-17(2)15-29-25)18(3)41(36,37)33-27-32-31-26(19-16-30-34-12-8-9-20(19)34)35(27)23-21(38-4)10-7-11-22(23)39-5/h7,10-11,14-16,18,24H,6,8-9,12-13H2,1-5H3,(H,32,33)/t18-,24+/m0/s1. The van der Waals surface area contributed by atoms with E-state index in [0.29, 0.717) is 36.0 Å². The maximum absolute atomic E-state index is 13.9. The number of rotatable bonds is 12. The molecule has 4 heterocycles. The first kappa shape index (κ1) is 28.5. The molecule has 0 amide bonds. The molecule has 218 valence electrons. The van der Waals surface area contributed by atoms with Crippen LogP contribution < -0.4 is 14.2 Å². The van der Waals surface area contributed by atoms with Crippen LogP contribution in [-0.2, 0) is 27.7 Å². The summed E-state index contributed by atoms with van der Waals surface area (Å²) in [7, 11) is -1.06. The van der Waals surface area contributed by atoms with Gasteiger partial charge in [0.15, 0.2) is 11.6 Å². The Labute approximate surface area is 239 Å². The maximum Gasteiger partial charge on any atom is 0.243 e. The number of fused-ring (bicyclic) bond motifs is 1. The molecule has 0 saturated carbocycles. The van der Waals surface area contributed by atoms with Crippen LogP contribution in [0.15, 0.2) is 36.8 Å². The van der Waals surface area contributed by atoms with Crippen molar-refractivity contribution in [3.8, 4) is 28.6 Å². The van der Waals surface area contributed by atoms with E-state index in [1.165, 1.54) is 14.2 Å². The molecule has 0 spiro atoms. The number of para-hydroxylation sites is 1. The highest BCUT2D eigenvalue weighted by molar-refractivity contribution is 7.93. The Morgan fingerprint density at radius 3 is 2.44 bits per heavy atom.